The summed E-state index contributed by atoms with van der Waals surface area (Å²) >= 11 is 1.72. The average Bonchev–Trinajstić information content (AvgIpc) is 2.35. The SMILES string of the molecule is CC(=O)N1CCN(C(=O)CS[C@H](C)C(C)C)CC1. The Kier molecular flexibility index (Phi) is 5.99. The van der Waals surface area contributed by atoms with E-state index in [4.69, 9.17) is 0 Å². The predicted octanol–water partition coefficient (Wildman–Crippen LogP) is 1.45. The molecule has 0 spiro atoms. The van der Waals surface area contributed by atoms with Gasteiger partial charge in [0.1, 0.15) is 0 Å². The van der Waals surface area contributed by atoms with Gasteiger partial charge in [-0.1, -0.05) is 20.8 Å². The average molecular weight is 272 g/mol. The van der Waals surface area contributed by atoms with E-state index in [0.717, 1.165) is 0 Å². The lowest BCUT2D eigenvalue weighted by atomic mass is 10.2. The quantitative estimate of drug-likeness (QED) is 0.778. The molecule has 18 heavy (non-hydrogen) atoms. The molecule has 0 aromatic heterocycles. The molecule has 1 aliphatic heterocycles. The molecule has 1 atom stereocenters. The van der Waals surface area contributed by atoms with E-state index >= 15 is 0 Å². The Morgan fingerprint density at radius 1 is 1.06 bits per heavy atom. The van der Waals surface area contributed by atoms with Crippen LogP contribution in [0.5, 0.6) is 0 Å². The van der Waals surface area contributed by atoms with Crippen molar-refractivity contribution in [3.05, 3.63) is 0 Å². The molecule has 5 heteroatoms. The summed E-state index contributed by atoms with van der Waals surface area (Å²) < 4.78 is 0. The molecule has 104 valence electrons. The molecular weight excluding hydrogens is 248 g/mol. The maximum absolute atomic E-state index is 12.0. The van der Waals surface area contributed by atoms with Gasteiger partial charge in [0, 0.05) is 38.4 Å². The van der Waals surface area contributed by atoms with Crippen molar-refractivity contribution < 1.29 is 9.59 Å². The summed E-state index contributed by atoms with van der Waals surface area (Å²) in [5.74, 6) is 1.46. The van der Waals surface area contributed by atoms with Crippen molar-refractivity contribution in [2.45, 2.75) is 32.9 Å². The zero-order valence-corrected chi connectivity index (χ0v) is 12.6. The second-order valence-corrected chi connectivity index (χ2v) is 6.51. The molecule has 1 rings (SSSR count). The molecule has 0 radical (unpaired) electrons. The molecule has 1 saturated heterocycles. The normalized spacial score (nSPS) is 18.1. The third kappa shape index (κ3) is 4.52. The molecule has 1 aliphatic rings. The van der Waals surface area contributed by atoms with Crippen molar-refractivity contribution >= 4 is 23.6 Å². The Labute approximate surface area is 114 Å². The monoisotopic (exact) mass is 272 g/mol. The van der Waals surface area contributed by atoms with Gasteiger partial charge in [0.15, 0.2) is 0 Å². The highest BCUT2D eigenvalue weighted by molar-refractivity contribution is 8.00. The zero-order valence-electron chi connectivity index (χ0n) is 11.8. The van der Waals surface area contributed by atoms with Gasteiger partial charge in [-0.3, -0.25) is 9.59 Å². The highest BCUT2D eigenvalue weighted by atomic mass is 32.2. The molecule has 1 heterocycles. The van der Waals surface area contributed by atoms with Crippen LogP contribution in [0, 0.1) is 5.92 Å². The van der Waals surface area contributed by atoms with Crippen LogP contribution in [0.4, 0.5) is 0 Å². The first-order chi connectivity index (χ1) is 8.41. The van der Waals surface area contributed by atoms with Crippen molar-refractivity contribution in [3.63, 3.8) is 0 Å². The van der Waals surface area contributed by atoms with Crippen LogP contribution in [0.2, 0.25) is 0 Å². The molecule has 0 unspecified atom stereocenters. The lowest BCUT2D eigenvalue weighted by molar-refractivity contribution is -0.136. The Morgan fingerprint density at radius 3 is 2.00 bits per heavy atom. The van der Waals surface area contributed by atoms with E-state index in [1.54, 1.807) is 23.6 Å². The van der Waals surface area contributed by atoms with E-state index in [9.17, 15) is 9.59 Å². The van der Waals surface area contributed by atoms with Crippen LogP contribution >= 0.6 is 11.8 Å². The first kappa shape index (κ1) is 15.3. The van der Waals surface area contributed by atoms with Crippen LogP contribution in [-0.4, -0.2) is 58.8 Å². The fourth-order valence-corrected chi connectivity index (χ4v) is 2.73. The molecule has 0 bridgehead atoms. The maximum Gasteiger partial charge on any atom is 0.232 e. The second-order valence-electron chi connectivity index (χ2n) is 5.15. The summed E-state index contributed by atoms with van der Waals surface area (Å²) in [4.78, 5) is 26.9. The van der Waals surface area contributed by atoms with Gasteiger partial charge in [0.05, 0.1) is 5.75 Å². The van der Waals surface area contributed by atoms with E-state index in [1.165, 1.54) is 0 Å². The fraction of sp³-hybridized carbons (Fsp3) is 0.846. The number of hydrogen-bond acceptors (Lipinski definition) is 3. The summed E-state index contributed by atoms with van der Waals surface area (Å²) in [6, 6.07) is 0. The van der Waals surface area contributed by atoms with Gasteiger partial charge >= 0.3 is 0 Å². The third-order valence-corrected chi connectivity index (χ3v) is 4.97. The van der Waals surface area contributed by atoms with Crippen LogP contribution in [0.25, 0.3) is 0 Å². The summed E-state index contributed by atoms with van der Waals surface area (Å²) in [6.07, 6.45) is 0. The minimum absolute atomic E-state index is 0.102. The van der Waals surface area contributed by atoms with E-state index in [2.05, 4.69) is 20.8 Å². The Bertz CT molecular complexity index is 299. The molecule has 0 aromatic carbocycles. The van der Waals surface area contributed by atoms with Gasteiger partial charge in [-0.25, -0.2) is 0 Å². The van der Waals surface area contributed by atoms with Crippen molar-refractivity contribution in [1.29, 1.82) is 0 Å². The number of thioether (sulfide) groups is 1. The number of nitrogens with zero attached hydrogens (tertiary/aromatic N) is 2. The molecule has 2 amide bonds. The lowest BCUT2D eigenvalue weighted by Crippen LogP contribution is -2.50. The highest BCUT2D eigenvalue weighted by Gasteiger charge is 2.22. The van der Waals surface area contributed by atoms with Crippen LogP contribution < -0.4 is 0 Å². The summed E-state index contributed by atoms with van der Waals surface area (Å²) in [5, 5.41) is 0.507. The Balaban J connectivity index is 2.30. The van der Waals surface area contributed by atoms with E-state index in [0.29, 0.717) is 43.1 Å². The number of rotatable bonds is 4. The first-order valence-corrected chi connectivity index (χ1v) is 7.61. The van der Waals surface area contributed by atoms with Gasteiger partial charge in [0.25, 0.3) is 0 Å². The number of amides is 2. The van der Waals surface area contributed by atoms with Crippen LogP contribution in [0.15, 0.2) is 0 Å². The maximum atomic E-state index is 12.0. The smallest absolute Gasteiger partial charge is 0.232 e. The van der Waals surface area contributed by atoms with Crippen molar-refractivity contribution in [2.75, 3.05) is 31.9 Å². The first-order valence-electron chi connectivity index (χ1n) is 6.56. The molecule has 0 N–H and O–H groups in total. The molecule has 0 saturated carbocycles. The van der Waals surface area contributed by atoms with Crippen molar-refractivity contribution in [3.8, 4) is 0 Å². The van der Waals surface area contributed by atoms with Gasteiger partial charge in [-0.05, 0) is 5.92 Å². The number of carbonyl (C=O) groups excluding carboxylic acids is 2. The fourth-order valence-electron chi connectivity index (χ4n) is 1.76. The summed E-state index contributed by atoms with van der Waals surface area (Å²) in [5.41, 5.74) is 0. The van der Waals surface area contributed by atoms with E-state index in [1.807, 2.05) is 4.90 Å². The van der Waals surface area contributed by atoms with Crippen LogP contribution in [0.1, 0.15) is 27.7 Å². The number of carbonyl (C=O) groups is 2. The molecule has 0 aromatic rings. The Morgan fingerprint density at radius 2 is 1.56 bits per heavy atom. The van der Waals surface area contributed by atoms with Gasteiger partial charge < -0.3 is 9.80 Å². The van der Waals surface area contributed by atoms with Gasteiger partial charge in [-0.2, -0.15) is 0 Å². The topological polar surface area (TPSA) is 40.6 Å². The predicted molar refractivity (Wildman–Crippen MR) is 75.6 cm³/mol. The van der Waals surface area contributed by atoms with Crippen LogP contribution in [-0.2, 0) is 9.59 Å². The third-order valence-electron chi connectivity index (χ3n) is 3.49. The van der Waals surface area contributed by atoms with Crippen molar-refractivity contribution in [2.24, 2.45) is 5.92 Å². The molecule has 4 nitrogen and oxygen atoms in total. The molecular formula is C13H24N2O2S. The van der Waals surface area contributed by atoms with E-state index < -0.39 is 0 Å². The zero-order chi connectivity index (χ0) is 13.7. The number of piperazine rings is 1. The summed E-state index contributed by atoms with van der Waals surface area (Å²) in [7, 11) is 0. The highest BCUT2D eigenvalue weighted by Crippen LogP contribution is 2.19. The second kappa shape index (κ2) is 7.02. The molecule has 0 aliphatic carbocycles. The standard InChI is InChI=1S/C13H24N2O2S/c1-10(2)11(3)18-9-13(17)15-7-5-14(6-8-15)12(4)16/h10-11H,5-9H2,1-4H3/t11-/m1/s1. The van der Waals surface area contributed by atoms with Gasteiger partial charge in [-0.15, -0.1) is 11.8 Å². The lowest BCUT2D eigenvalue weighted by Gasteiger charge is -2.34. The van der Waals surface area contributed by atoms with Crippen molar-refractivity contribution in [1.82, 2.24) is 9.80 Å². The van der Waals surface area contributed by atoms with E-state index in [-0.39, 0.29) is 11.8 Å². The Hall–Kier alpha value is -0.710. The minimum Gasteiger partial charge on any atom is -0.339 e. The minimum atomic E-state index is 0.102. The van der Waals surface area contributed by atoms with Crippen LogP contribution in [0.3, 0.4) is 0 Å². The van der Waals surface area contributed by atoms with Gasteiger partial charge in [0.2, 0.25) is 11.8 Å². The number of hydrogen-bond donors (Lipinski definition) is 0. The molecule has 1 fully saturated rings. The summed E-state index contributed by atoms with van der Waals surface area (Å²) in [6.45, 7) is 10.8. The largest absolute Gasteiger partial charge is 0.339 e.